The van der Waals surface area contributed by atoms with E-state index in [-0.39, 0.29) is 29.3 Å². The fourth-order valence-electron chi connectivity index (χ4n) is 3.83. The summed E-state index contributed by atoms with van der Waals surface area (Å²) in [6, 6.07) is 5.59. The topological polar surface area (TPSA) is 77.8 Å². The van der Waals surface area contributed by atoms with Gasteiger partial charge >= 0.3 is 6.18 Å². The molecule has 1 atom stereocenters. The number of aryl methyl sites for hydroxylation is 1. The number of thioether (sulfide) groups is 1. The van der Waals surface area contributed by atoms with Crippen molar-refractivity contribution >= 4 is 23.4 Å². The lowest BCUT2D eigenvalue weighted by Crippen LogP contribution is -2.37. The molecule has 0 aliphatic carbocycles. The number of halogens is 3. The molecule has 1 aliphatic heterocycles. The standard InChI is InChI=1S/C22H23F3N4OS/c1-11(2)19-13(4)14(5-6-17(19)29-21(30)18-9-31-10-27-18)20-15(8-26)16(22(23,24)25)7-12(3)28-20/h5-7,11,18,27H,9-10H2,1-4H3,(H,29,30)/t18-/m0/s1. The normalized spacial score (nSPS) is 16.4. The molecule has 0 spiro atoms. The van der Waals surface area contributed by atoms with Crippen molar-refractivity contribution in [3.8, 4) is 17.3 Å². The minimum atomic E-state index is -4.66. The van der Waals surface area contributed by atoms with Gasteiger partial charge in [-0.3, -0.25) is 15.1 Å². The lowest BCUT2D eigenvalue weighted by Gasteiger charge is -2.22. The molecule has 9 heteroatoms. The molecule has 0 bridgehead atoms. The first kappa shape index (κ1) is 23.1. The Balaban J connectivity index is 2.14. The van der Waals surface area contributed by atoms with Gasteiger partial charge in [-0.15, -0.1) is 11.8 Å². The van der Waals surface area contributed by atoms with Crippen LogP contribution in [0.25, 0.3) is 11.3 Å². The van der Waals surface area contributed by atoms with Gasteiger partial charge in [-0.2, -0.15) is 18.4 Å². The smallest absolute Gasteiger partial charge is 0.324 e. The van der Waals surface area contributed by atoms with E-state index in [2.05, 4.69) is 15.6 Å². The van der Waals surface area contributed by atoms with Crippen molar-refractivity contribution < 1.29 is 18.0 Å². The summed E-state index contributed by atoms with van der Waals surface area (Å²) >= 11 is 1.64. The number of hydrogen-bond acceptors (Lipinski definition) is 5. The van der Waals surface area contributed by atoms with E-state index in [1.807, 2.05) is 13.8 Å². The van der Waals surface area contributed by atoms with Crippen LogP contribution >= 0.6 is 11.8 Å². The lowest BCUT2D eigenvalue weighted by atomic mass is 9.89. The molecule has 1 aromatic carbocycles. The number of alkyl halides is 3. The number of rotatable bonds is 4. The van der Waals surface area contributed by atoms with E-state index in [0.717, 1.165) is 11.6 Å². The van der Waals surface area contributed by atoms with Crippen molar-refractivity contribution in [1.82, 2.24) is 10.3 Å². The number of carbonyl (C=O) groups is 1. The van der Waals surface area contributed by atoms with Crippen molar-refractivity contribution in [3.05, 3.63) is 46.1 Å². The molecule has 0 radical (unpaired) electrons. The monoisotopic (exact) mass is 448 g/mol. The Labute approximate surface area is 183 Å². The van der Waals surface area contributed by atoms with Crippen LogP contribution in [0.3, 0.4) is 0 Å². The molecule has 1 fully saturated rings. The van der Waals surface area contributed by atoms with Crippen LogP contribution in [0.4, 0.5) is 18.9 Å². The van der Waals surface area contributed by atoms with Gasteiger partial charge in [-0.25, -0.2) is 0 Å². The highest BCUT2D eigenvalue weighted by Crippen LogP contribution is 2.39. The van der Waals surface area contributed by atoms with Gasteiger partial charge in [0, 0.05) is 28.6 Å². The fraction of sp³-hybridized carbons (Fsp3) is 0.409. The maximum absolute atomic E-state index is 13.5. The van der Waals surface area contributed by atoms with Crippen molar-refractivity contribution in [2.24, 2.45) is 0 Å². The zero-order valence-electron chi connectivity index (χ0n) is 17.6. The Morgan fingerprint density at radius 1 is 1.35 bits per heavy atom. The summed E-state index contributed by atoms with van der Waals surface area (Å²) in [6.07, 6.45) is -4.66. The molecule has 5 nitrogen and oxygen atoms in total. The van der Waals surface area contributed by atoms with E-state index >= 15 is 0 Å². The van der Waals surface area contributed by atoms with E-state index in [0.29, 0.717) is 28.4 Å². The SMILES string of the molecule is Cc1cc(C(F)(F)F)c(C#N)c(-c2ccc(NC(=O)[C@@H]3CSCN3)c(C(C)C)c2C)n1. The maximum Gasteiger partial charge on any atom is 0.417 e. The zero-order chi connectivity index (χ0) is 22.9. The summed E-state index contributed by atoms with van der Waals surface area (Å²) in [5.74, 6) is 1.23. The summed E-state index contributed by atoms with van der Waals surface area (Å²) in [5.41, 5.74) is 1.23. The van der Waals surface area contributed by atoms with Crippen LogP contribution in [0.15, 0.2) is 18.2 Å². The Kier molecular flexibility index (Phi) is 6.62. The minimum Gasteiger partial charge on any atom is -0.324 e. The number of nitrogens with zero attached hydrogens (tertiary/aromatic N) is 2. The Bertz CT molecular complexity index is 1050. The average molecular weight is 449 g/mol. The predicted octanol–water partition coefficient (Wildman–Crippen LogP) is 4.98. The predicted molar refractivity (Wildman–Crippen MR) is 116 cm³/mol. The van der Waals surface area contributed by atoms with Gasteiger partial charge < -0.3 is 5.32 Å². The van der Waals surface area contributed by atoms with Crippen molar-refractivity contribution in [2.45, 2.75) is 45.8 Å². The van der Waals surface area contributed by atoms with Crippen LogP contribution in [0.1, 0.15) is 47.7 Å². The first-order valence-corrected chi connectivity index (χ1v) is 10.9. The lowest BCUT2D eigenvalue weighted by molar-refractivity contribution is -0.137. The number of nitrogens with one attached hydrogen (secondary N) is 2. The molecule has 2 aromatic rings. The zero-order valence-corrected chi connectivity index (χ0v) is 18.5. The average Bonchev–Trinajstić information content (AvgIpc) is 3.21. The number of nitriles is 1. The number of anilines is 1. The Morgan fingerprint density at radius 2 is 2.06 bits per heavy atom. The van der Waals surface area contributed by atoms with Crippen molar-refractivity contribution in [3.63, 3.8) is 0 Å². The molecule has 0 saturated carbocycles. The van der Waals surface area contributed by atoms with E-state index in [1.54, 1.807) is 36.9 Å². The van der Waals surface area contributed by atoms with Crippen LogP contribution in [0.2, 0.25) is 0 Å². The third kappa shape index (κ3) is 4.70. The number of carbonyl (C=O) groups excluding carboxylic acids is 1. The fourth-order valence-corrected chi connectivity index (χ4v) is 4.77. The molecular weight excluding hydrogens is 425 g/mol. The quantitative estimate of drug-likeness (QED) is 0.690. The molecule has 1 aromatic heterocycles. The molecule has 31 heavy (non-hydrogen) atoms. The highest BCUT2D eigenvalue weighted by Gasteiger charge is 2.36. The Hall–Kier alpha value is -2.57. The molecule has 164 valence electrons. The summed E-state index contributed by atoms with van der Waals surface area (Å²) < 4.78 is 40.6. The minimum absolute atomic E-state index is 0.000890. The second-order valence-electron chi connectivity index (χ2n) is 7.76. The van der Waals surface area contributed by atoms with Gasteiger partial charge in [0.05, 0.1) is 22.9 Å². The van der Waals surface area contributed by atoms with Gasteiger partial charge in [-0.05, 0) is 43.0 Å². The number of amides is 1. The highest BCUT2D eigenvalue weighted by molar-refractivity contribution is 7.99. The highest BCUT2D eigenvalue weighted by atomic mass is 32.2. The summed E-state index contributed by atoms with van der Waals surface area (Å²) in [6.45, 7) is 7.14. The first-order chi connectivity index (χ1) is 14.5. The summed E-state index contributed by atoms with van der Waals surface area (Å²) in [7, 11) is 0. The molecule has 1 aliphatic rings. The van der Waals surface area contributed by atoms with Gasteiger partial charge in [0.15, 0.2) is 0 Å². The van der Waals surface area contributed by atoms with Crippen LogP contribution < -0.4 is 10.6 Å². The van der Waals surface area contributed by atoms with Crippen molar-refractivity contribution in [1.29, 1.82) is 5.26 Å². The molecule has 2 heterocycles. The number of pyridine rings is 1. The number of aromatic nitrogens is 1. The first-order valence-electron chi connectivity index (χ1n) is 9.79. The largest absolute Gasteiger partial charge is 0.417 e. The van der Waals surface area contributed by atoms with Crippen LogP contribution in [-0.2, 0) is 11.0 Å². The maximum atomic E-state index is 13.5. The van der Waals surface area contributed by atoms with E-state index in [1.165, 1.54) is 6.92 Å². The number of benzene rings is 1. The van der Waals surface area contributed by atoms with E-state index < -0.39 is 17.3 Å². The van der Waals surface area contributed by atoms with Gasteiger partial charge in [0.25, 0.3) is 0 Å². The van der Waals surface area contributed by atoms with Gasteiger partial charge in [-0.1, -0.05) is 19.9 Å². The molecule has 2 N–H and O–H groups in total. The molecule has 0 unspecified atom stereocenters. The molecule has 1 amide bonds. The van der Waals surface area contributed by atoms with Crippen LogP contribution in [-0.4, -0.2) is 28.6 Å². The summed E-state index contributed by atoms with van der Waals surface area (Å²) in [5, 5.41) is 15.6. The van der Waals surface area contributed by atoms with E-state index in [4.69, 9.17) is 0 Å². The van der Waals surface area contributed by atoms with Gasteiger partial charge in [0.1, 0.15) is 6.07 Å². The van der Waals surface area contributed by atoms with Crippen LogP contribution in [0, 0.1) is 25.2 Å². The van der Waals surface area contributed by atoms with Gasteiger partial charge in [0.2, 0.25) is 5.91 Å². The molecule has 3 rings (SSSR count). The Morgan fingerprint density at radius 3 is 2.61 bits per heavy atom. The summed E-state index contributed by atoms with van der Waals surface area (Å²) in [4.78, 5) is 16.9. The second kappa shape index (κ2) is 8.89. The second-order valence-corrected chi connectivity index (χ2v) is 8.79. The number of hydrogen-bond donors (Lipinski definition) is 2. The third-order valence-corrected chi connectivity index (χ3v) is 6.14. The van der Waals surface area contributed by atoms with E-state index in [9.17, 15) is 23.2 Å². The van der Waals surface area contributed by atoms with Crippen LogP contribution in [0.5, 0.6) is 0 Å². The molecular formula is C22H23F3N4OS. The van der Waals surface area contributed by atoms with Crippen molar-refractivity contribution in [2.75, 3.05) is 16.9 Å². The third-order valence-electron chi connectivity index (χ3n) is 5.20. The molecule has 1 saturated heterocycles.